The van der Waals surface area contributed by atoms with Crippen LogP contribution in [0, 0.1) is 5.92 Å². The van der Waals surface area contributed by atoms with E-state index in [4.69, 9.17) is 5.21 Å². The minimum atomic E-state index is -0.301. The molecule has 0 aromatic heterocycles. The maximum atomic E-state index is 11.4. The van der Waals surface area contributed by atoms with Crippen LogP contribution in [0.5, 0.6) is 0 Å². The Kier molecular flexibility index (Phi) is 5.70. The highest BCUT2D eigenvalue weighted by molar-refractivity contribution is 5.77. The van der Waals surface area contributed by atoms with Gasteiger partial charge >= 0.3 is 0 Å². The zero-order valence-corrected chi connectivity index (χ0v) is 10.6. The fourth-order valence-electron chi connectivity index (χ4n) is 1.93. The van der Waals surface area contributed by atoms with Crippen LogP contribution in [-0.4, -0.2) is 11.1 Å². The summed E-state index contributed by atoms with van der Waals surface area (Å²) in [6, 6.07) is 8.36. The third-order valence-corrected chi connectivity index (χ3v) is 3.02. The van der Waals surface area contributed by atoms with Gasteiger partial charge in [-0.05, 0) is 30.4 Å². The van der Waals surface area contributed by atoms with Crippen LogP contribution in [-0.2, 0) is 17.6 Å². The molecule has 3 heteroatoms. The second-order valence-corrected chi connectivity index (χ2v) is 4.35. The molecule has 1 rings (SSSR count). The Morgan fingerprint density at radius 3 is 2.29 bits per heavy atom. The topological polar surface area (TPSA) is 49.3 Å². The van der Waals surface area contributed by atoms with E-state index in [1.807, 2.05) is 6.92 Å². The summed E-state index contributed by atoms with van der Waals surface area (Å²) >= 11 is 0. The molecule has 3 nitrogen and oxygen atoms in total. The van der Waals surface area contributed by atoms with E-state index in [-0.39, 0.29) is 11.8 Å². The summed E-state index contributed by atoms with van der Waals surface area (Å²) in [6.07, 6.45) is 3.64. The van der Waals surface area contributed by atoms with E-state index in [9.17, 15) is 4.79 Å². The van der Waals surface area contributed by atoms with Crippen molar-refractivity contribution in [2.24, 2.45) is 5.92 Å². The van der Waals surface area contributed by atoms with E-state index in [1.165, 1.54) is 5.56 Å². The predicted molar refractivity (Wildman–Crippen MR) is 67.9 cm³/mol. The van der Waals surface area contributed by atoms with Gasteiger partial charge in [-0.2, -0.15) is 0 Å². The van der Waals surface area contributed by atoms with Gasteiger partial charge in [0.05, 0.1) is 0 Å². The molecule has 1 atom stereocenters. The molecule has 0 spiro atoms. The van der Waals surface area contributed by atoms with Crippen molar-refractivity contribution in [2.45, 2.75) is 39.5 Å². The third kappa shape index (κ3) is 4.19. The molecule has 94 valence electrons. The van der Waals surface area contributed by atoms with Crippen molar-refractivity contribution in [3.05, 3.63) is 35.4 Å². The van der Waals surface area contributed by atoms with Crippen LogP contribution in [0.4, 0.5) is 0 Å². The molecule has 0 radical (unpaired) electrons. The first-order valence-corrected chi connectivity index (χ1v) is 6.23. The number of hydrogen-bond acceptors (Lipinski definition) is 2. The fourth-order valence-corrected chi connectivity index (χ4v) is 1.93. The Morgan fingerprint density at radius 2 is 1.82 bits per heavy atom. The average Bonchev–Trinajstić information content (AvgIpc) is 2.37. The largest absolute Gasteiger partial charge is 0.289 e. The smallest absolute Gasteiger partial charge is 0.246 e. The minimum Gasteiger partial charge on any atom is -0.289 e. The molecule has 0 aliphatic rings. The fraction of sp³-hybridized carbons (Fsp3) is 0.500. The van der Waals surface area contributed by atoms with Gasteiger partial charge in [-0.25, -0.2) is 5.48 Å². The summed E-state index contributed by atoms with van der Waals surface area (Å²) < 4.78 is 0. The molecule has 0 aliphatic carbocycles. The Morgan fingerprint density at radius 1 is 1.24 bits per heavy atom. The molecule has 0 saturated carbocycles. The number of carbonyl (C=O) groups excluding carboxylic acids is 1. The summed E-state index contributed by atoms with van der Waals surface area (Å²) in [4.78, 5) is 11.4. The second-order valence-electron chi connectivity index (χ2n) is 4.35. The van der Waals surface area contributed by atoms with Crippen LogP contribution >= 0.6 is 0 Å². The molecule has 0 unspecified atom stereocenters. The molecule has 1 amide bonds. The lowest BCUT2D eigenvalue weighted by Gasteiger charge is -2.12. The van der Waals surface area contributed by atoms with Crippen LogP contribution in [0.25, 0.3) is 0 Å². The number of benzene rings is 1. The van der Waals surface area contributed by atoms with Crippen molar-refractivity contribution >= 4 is 5.91 Å². The maximum Gasteiger partial charge on any atom is 0.246 e. The lowest BCUT2D eigenvalue weighted by Crippen LogP contribution is -2.28. The van der Waals surface area contributed by atoms with E-state index in [0.29, 0.717) is 6.42 Å². The van der Waals surface area contributed by atoms with Gasteiger partial charge in [-0.3, -0.25) is 10.0 Å². The summed E-state index contributed by atoms with van der Waals surface area (Å²) in [5.74, 6) is -0.456. The predicted octanol–water partition coefficient (Wildman–Crippen LogP) is 2.71. The molecule has 2 N–H and O–H groups in total. The van der Waals surface area contributed by atoms with Crippen LogP contribution in [0.15, 0.2) is 24.3 Å². The van der Waals surface area contributed by atoms with Crippen LogP contribution in [0.1, 0.15) is 37.8 Å². The first-order chi connectivity index (χ1) is 8.21. The van der Waals surface area contributed by atoms with E-state index in [0.717, 1.165) is 24.8 Å². The average molecular weight is 235 g/mol. The number of hydrogen-bond donors (Lipinski definition) is 2. The number of aryl methyl sites for hydroxylation is 1. The van der Waals surface area contributed by atoms with Crippen molar-refractivity contribution in [1.82, 2.24) is 5.48 Å². The Balaban J connectivity index is 2.64. The number of hydroxylamine groups is 1. The van der Waals surface area contributed by atoms with Gasteiger partial charge in [-0.1, -0.05) is 44.5 Å². The monoisotopic (exact) mass is 235 g/mol. The summed E-state index contributed by atoms with van der Waals surface area (Å²) in [5, 5.41) is 8.63. The maximum absolute atomic E-state index is 11.4. The zero-order chi connectivity index (χ0) is 12.7. The van der Waals surface area contributed by atoms with Crippen molar-refractivity contribution in [1.29, 1.82) is 0 Å². The van der Waals surface area contributed by atoms with Gasteiger partial charge in [-0.15, -0.1) is 0 Å². The van der Waals surface area contributed by atoms with E-state index < -0.39 is 0 Å². The first kappa shape index (κ1) is 13.7. The van der Waals surface area contributed by atoms with Crippen molar-refractivity contribution in [3.63, 3.8) is 0 Å². The molecule has 1 aromatic carbocycles. The molecule has 1 aromatic rings. The number of nitrogens with one attached hydrogen (secondary N) is 1. The molecule has 0 bridgehead atoms. The Hall–Kier alpha value is -1.35. The lowest BCUT2D eigenvalue weighted by atomic mass is 9.95. The quantitative estimate of drug-likeness (QED) is 0.588. The van der Waals surface area contributed by atoms with E-state index >= 15 is 0 Å². The highest BCUT2D eigenvalue weighted by Gasteiger charge is 2.15. The Labute approximate surface area is 103 Å². The normalized spacial score (nSPS) is 12.2. The zero-order valence-electron chi connectivity index (χ0n) is 10.6. The van der Waals surface area contributed by atoms with Gasteiger partial charge < -0.3 is 0 Å². The first-order valence-electron chi connectivity index (χ1n) is 6.23. The molecular weight excluding hydrogens is 214 g/mol. The van der Waals surface area contributed by atoms with E-state index in [1.54, 1.807) is 5.48 Å². The molecule has 0 saturated heterocycles. The highest BCUT2D eigenvalue weighted by atomic mass is 16.5. The summed E-state index contributed by atoms with van der Waals surface area (Å²) in [7, 11) is 0. The number of rotatable bonds is 6. The van der Waals surface area contributed by atoms with Gasteiger partial charge in [0, 0.05) is 5.92 Å². The molecular formula is C14H21NO2. The van der Waals surface area contributed by atoms with Crippen molar-refractivity contribution in [3.8, 4) is 0 Å². The van der Waals surface area contributed by atoms with Gasteiger partial charge in [0.2, 0.25) is 5.91 Å². The van der Waals surface area contributed by atoms with Crippen molar-refractivity contribution in [2.75, 3.05) is 0 Å². The molecule has 0 aliphatic heterocycles. The van der Waals surface area contributed by atoms with E-state index in [2.05, 4.69) is 31.2 Å². The van der Waals surface area contributed by atoms with Crippen LogP contribution in [0.3, 0.4) is 0 Å². The molecule has 0 heterocycles. The summed E-state index contributed by atoms with van der Waals surface area (Å²) in [5.41, 5.74) is 4.20. The molecule has 0 fully saturated rings. The summed E-state index contributed by atoms with van der Waals surface area (Å²) in [6.45, 7) is 4.11. The third-order valence-electron chi connectivity index (χ3n) is 3.02. The molecule has 17 heavy (non-hydrogen) atoms. The van der Waals surface area contributed by atoms with Crippen LogP contribution in [0.2, 0.25) is 0 Å². The number of carbonyl (C=O) groups is 1. The van der Waals surface area contributed by atoms with Crippen LogP contribution < -0.4 is 5.48 Å². The van der Waals surface area contributed by atoms with Gasteiger partial charge in [0.25, 0.3) is 0 Å². The van der Waals surface area contributed by atoms with Gasteiger partial charge in [0.1, 0.15) is 0 Å². The highest BCUT2D eigenvalue weighted by Crippen LogP contribution is 2.14. The number of amides is 1. The SMILES string of the molecule is CCCc1ccc(C[C@@H](CC)C(=O)NO)cc1. The minimum absolute atomic E-state index is 0.156. The van der Waals surface area contributed by atoms with Gasteiger partial charge in [0.15, 0.2) is 0 Å². The standard InChI is InChI=1S/C14H21NO2/c1-3-5-11-6-8-12(9-7-11)10-13(4-2)14(16)15-17/h6-9,13,17H,3-5,10H2,1-2H3,(H,15,16)/t13-/m1/s1. The Bertz CT molecular complexity index is 346. The van der Waals surface area contributed by atoms with Crippen molar-refractivity contribution < 1.29 is 10.0 Å². The lowest BCUT2D eigenvalue weighted by molar-refractivity contribution is -0.133. The second kappa shape index (κ2) is 7.07.